The Labute approximate surface area is 131 Å². The molecule has 110 valence electrons. The highest BCUT2D eigenvalue weighted by atomic mass is 16.3. The zero-order valence-electron chi connectivity index (χ0n) is 12.7. The number of benzene rings is 3. The summed E-state index contributed by atoms with van der Waals surface area (Å²) in [7, 11) is 0. The molecular weight excluding hydrogens is 268 g/mol. The van der Waals surface area contributed by atoms with Crippen molar-refractivity contribution in [2.24, 2.45) is 0 Å². The third-order valence-electron chi connectivity index (χ3n) is 4.31. The molecule has 0 fully saturated rings. The molecule has 3 rings (SSSR count). The van der Waals surface area contributed by atoms with E-state index < -0.39 is 11.5 Å². The number of hydrogen-bond donors (Lipinski definition) is 1. The van der Waals surface area contributed by atoms with E-state index >= 15 is 0 Å². The van der Waals surface area contributed by atoms with Crippen LogP contribution in [0.25, 0.3) is 0 Å². The lowest BCUT2D eigenvalue weighted by Crippen LogP contribution is -2.40. The smallest absolute Gasteiger partial charge is 0.0707 e. The molecule has 0 amide bonds. The summed E-state index contributed by atoms with van der Waals surface area (Å²) in [5, 5.41) is 10.8. The Bertz CT molecular complexity index is 606. The van der Waals surface area contributed by atoms with Crippen LogP contribution in [0.2, 0.25) is 0 Å². The SMILES string of the molecule is C[C@H](O)C(c1ccccc1)(c1ccccc1)c1ccccc1. The first-order valence-corrected chi connectivity index (χ1v) is 7.61. The Kier molecular flexibility index (Phi) is 4.08. The summed E-state index contributed by atoms with van der Waals surface area (Å²) in [5.41, 5.74) is 2.73. The Balaban J connectivity index is 2.34. The van der Waals surface area contributed by atoms with E-state index in [0.717, 1.165) is 16.7 Å². The summed E-state index contributed by atoms with van der Waals surface area (Å²) < 4.78 is 0. The highest BCUT2D eigenvalue weighted by Crippen LogP contribution is 2.41. The normalized spacial score (nSPS) is 12.8. The number of hydrogen-bond acceptors (Lipinski definition) is 1. The molecule has 0 saturated carbocycles. The van der Waals surface area contributed by atoms with Crippen LogP contribution in [0.4, 0.5) is 0 Å². The minimum atomic E-state index is -0.566. The van der Waals surface area contributed by atoms with Gasteiger partial charge in [-0.25, -0.2) is 0 Å². The molecule has 0 radical (unpaired) electrons. The summed E-state index contributed by atoms with van der Waals surface area (Å²) >= 11 is 0. The molecule has 0 aliphatic carbocycles. The third-order valence-corrected chi connectivity index (χ3v) is 4.31. The summed E-state index contributed by atoms with van der Waals surface area (Å²) in [6, 6.07) is 30.7. The van der Waals surface area contributed by atoms with E-state index in [0.29, 0.717) is 0 Å². The predicted molar refractivity (Wildman–Crippen MR) is 90.9 cm³/mol. The van der Waals surface area contributed by atoms with Crippen molar-refractivity contribution in [2.45, 2.75) is 18.4 Å². The van der Waals surface area contributed by atoms with Gasteiger partial charge >= 0.3 is 0 Å². The molecule has 3 aromatic rings. The van der Waals surface area contributed by atoms with Gasteiger partial charge in [0.2, 0.25) is 0 Å². The van der Waals surface area contributed by atoms with Gasteiger partial charge in [0.15, 0.2) is 0 Å². The summed E-state index contributed by atoms with van der Waals surface area (Å²) in [6.45, 7) is 1.87. The van der Waals surface area contributed by atoms with Crippen LogP contribution < -0.4 is 0 Å². The van der Waals surface area contributed by atoms with Crippen molar-refractivity contribution in [3.8, 4) is 0 Å². The second-order valence-electron chi connectivity index (χ2n) is 5.58. The van der Waals surface area contributed by atoms with Gasteiger partial charge in [-0.15, -0.1) is 0 Å². The maximum Gasteiger partial charge on any atom is 0.0707 e. The zero-order chi connectivity index (χ0) is 15.4. The molecule has 0 aromatic heterocycles. The largest absolute Gasteiger partial charge is 0.392 e. The minimum absolute atomic E-state index is 0.556. The van der Waals surface area contributed by atoms with Gasteiger partial charge in [0.25, 0.3) is 0 Å². The van der Waals surface area contributed by atoms with Gasteiger partial charge < -0.3 is 5.11 Å². The Morgan fingerprint density at radius 3 is 1.09 bits per heavy atom. The second kappa shape index (κ2) is 6.17. The fourth-order valence-electron chi connectivity index (χ4n) is 3.33. The monoisotopic (exact) mass is 288 g/mol. The Morgan fingerprint density at radius 1 is 0.591 bits per heavy atom. The van der Waals surface area contributed by atoms with Crippen LogP contribution in [0.1, 0.15) is 23.6 Å². The van der Waals surface area contributed by atoms with Gasteiger partial charge in [-0.2, -0.15) is 0 Å². The van der Waals surface area contributed by atoms with E-state index in [1.165, 1.54) is 0 Å². The summed E-state index contributed by atoms with van der Waals surface area (Å²) in [5.74, 6) is 0. The van der Waals surface area contributed by atoms with Gasteiger partial charge in [-0.1, -0.05) is 91.0 Å². The van der Waals surface area contributed by atoms with Crippen molar-refractivity contribution < 1.29 is 5.11 Å². The van der Waals surface area contributed by atoms with Crippen molar-refractivity contribution in [3.05, 3.63) is 108 Å². The molecule has 1 heteroatoms. The van der Waals surface area contributed by atoms with Crippen molar-refractivity contribution in [2.75, 3.05) is 0 Å². The maximum atomic E-state index is 10.8. The molecule has 0 bridgehead atoms. The van der Waals surface area contributed by atoms with E-state index in [4.69, 9.17) is 0 Å². The molecule has 0 aliphatic heterocycles. The van der Waals surface area contributed by atoms with Gasteiger partial charge in [0.1, 0.15) is 0 Å². The number of aliphatic hydroxyl groups excluding tert-OH is 1. The standard InChI is InChI=1S/C21H20O/c1-17(22)21(18-11-5-2-6-12-18,19-13-7-3-8-14-19)20-15-9-4-10-16-20/h2-17,22H,1H3/t17-/m0/s1. The van der Waals surface area contributed by atoms with Crippen molar-refractivity contribution >= 4 is 0 Å². The maximum absolute atomic E-state index is 10.8. The van der Waals surface area contributed by atoms with E-state index in [1.54, 1.807) is 0 Å². The van der Waals surface area contributed by atoms with Crippen LogP contribution in [0.5, 0.6) is 0 Å². The minimum Gasteiger partial charge on any atom is -0.392 e. The topological polar surface area (TPSA) is 20.2 Å². The Hall–Kier alpha value is -2.38. The quantitative estimate of drug-likeness (QED) is 0.705. The zero-order valence-corrected chi connectivity index (χ0v) is 12.7. The molecule has 0 spiro atoms. The summed E-state index contributed by atoms with van der Waals surface area (Å²) in [4.78, 5) is 0. The lowest BCUT2D eigenvalue weighted by Gasteiger charge is -2.38. The molecular formula is C21H20O. The van der Waals surface area contributed by atoms with Gasteiger partial charge in [0, 0.05) is 0 Å². The van der Waals surface area contributed by atoms with Crippen LogP contribution in [-0.4, -0.2) is 11.2 Å². The molecule has 1 N–H and O–H groups in total. The fourth-order valence-corrected chi connectivity index (χ4v) is 3.33. The first-order valence-electron chi connectivity index (χ1n) is 7.61. The van der Waals surface area contributed by atoms with Crippen molar-refractivity contribution in [1.82, 2.24) is 0 Å². The summed E-state index contributed by atoms with van der Waals surface area (Å²) in [6.07, 6.45) is -0.556. The fraction of sp³-hybridized carbons (Fsp3) is 0.143. The van der Waals surface area contributed by atoms with Crippen LogP contribution in [-0.2, 0) is 5.41 Å². The lowest BCUT2D eigenvalue weighted by molar-refractivity contribution is 0.140. The third kappa shape index (κ3) is 2.34. The van der Waals surface area contributed by atoms with E-state index in [2.05, 4.69) is 36.4 Å². The predicted octanol–water partition coefficient (Wildman–Crippen LogP) is 4.40. The van der Waals surface area contributed by atoms with Gasteiger partial charge in [-0.05, 0) is 23.6 Å². The van der Waals surface area contributed by atoms with Crippen LogP contribution in [0.3, 0.4) is 0 Å². The van der Waals surface area contributed by atoms with Gasteiger partial charge in [-0.3, -0.25) is 0 Å². The average molecular weight is 288 g/mol. The van der Waals surface area contributed by atoms with E-state index in [-0.39, 0.29) is 0 Å². The Morgan fingerprint density at radius 2 is 0.864 bits per heavy atom. The molecule has 0 heterocycles. The molecule has 0 aliphatic rings. The van der Waals surface area contributed by atoms with Crippen LogP contribution >= 0.6 is 0 Å². The number of aliphatic hydroxyl groups is 1. The first kappa shape index (κ1) is 14.6. The number of rotatable bonds is 4. The lowest BCUT2D eigenvalue weighted by atomic mass is 9.66. The molecule has 0 unspecified atom stereocenters. The van der Waals surface area contributed by atoms with Gasteiger partial charge in [0.05, 0.1) is 11.5 Å². The van der Waals surface area contributed by atoms with Crippen LogP contribution in [0.15, 0.2) is 91.0 Å². The van der Waals surface area contributed by atoms with Crippen molar-refractivity contribution in [1.29, 1.82) is 0 Å². The molecule has 1 atom stereocenters. The van der Waals surface area contributed by atoms with Crippen LogP contribution in [0, 0.1) is 0 Å². The molecule has 1 nitrogen and oxygen atoms in total. The van der Waals surface area contributed by atoms with E-state index in [9.17, 15) is 5.11 Å². The molecule has 22 heavy (non-hydrogen) atoms. The highest BCUT2D eigenvalue weighted by Gasteiger charge is 2.40. The van der Waals surface area contributed by atoms with Crippen molar-refractivity contribution in [3.63, 3.8) is 0 Å². The second-order valence-corrected chi connectivity index (χ2v) is 5.58. The van der Waals surface area contributed by atoms with E-state index in [1.807, 2.05) is 61.5 Å². The molecule has 3 aromatic carbocycles. The first-order chi connectivity index (χ1) is 10.8. The molecule has 0 saturated heterocycles. The average Bonchev–Trinajstić information content (AvgIpc) is 2.58. The highest BCUT2D eigenvalue weighted by molar-refractivity contribution is 5.51.